The van der Waals surface area contributed by atoms with Crippen molar-refractivity contribution in [1.29, 1.82) is 0 Å². The van der Waals surface area contributed by atoms with Crippen LogP contribution in [0.15, 0.2) is 16.3 Å². The lowest BCUT2D eigenvalue weighted by Gasteiger charge is -2.28. The molecule has 118 valence electrons. The highest BCUT2D eigenvalue weighted by atomic mass is 32.2. The van der Waals surface area contributed by atoms with Gasteiger partial charge in [0.2, 0.25) is 15.9 Å². The zero-order valence-corrected chi connectivity index (χ0v) is 13.8. The first-order valence-corrected chi connectivity index (χ1v) is 9.63. The molecule has 0 aromatic carbocycles. The number of nitrogens with one attached hydrogen (secondary N) is 1. The van der Waals surface area contributed by atoms with E-state index in [4.69, 9.17) is 5.14 Å². The van der Waals surface area contributed by atoms with Crippen LogP contribution < -0.4 is 10.5 Å². The topological polar surface area (TPSA) is 89.3 Å². The molecule has 1 amide bonds. The summed E-state index contributed by atoms with van der Waals surface area (Å²) in [6, 6.07) is 3.28. The molecule has 7 heteroatoms. The van der Waals surface area contributed by atoms with Crippen LogP contribution in [-0.4, -0.2) is 20.4 Å². The van der Waals surface area contributed by atoms with Gasteiger partial charge in [0.25, 0.3) is 0 Å². The van der Waals surface area contributed by atoms with Gasteiger partial charge in [-0.3, -0.25) is 4.79 Å². The third-order valence-corrected chi connectivity index (χ3v) is 6.52. The van der Waals surface area contributed by atoms with Crippen molar-refractivity contribution < 1.29 is 13.2 Å². The van der Waals surface area contributed by atoms with Gasteiger partial charge in [-0.25, -0.2) is 13.6 Å². The number of amides is 1. The Kier molecular flexibility index (Phi) is 5.40. The highest BCUT2D eigenvalue weighted by molar-refractivity contribution is 7.91. The Morgan fingerprint density at radius 2 is 2.05 bits per heavy atom. The first-order chi connectivity index (χ1) is 9.86. The van der Waals surface area contributed by atoms with Crippen LogP contribution in [0.4, 0.5) is 0 Å². The number of thiophene rings is 1. The van der Waals surface area contributed by atoms with Gasteiger partial charge in [-0.2, -0.15) is 0 Å². The highest BCUT2D eigenvalue weighted by Gasteiger charge is 2.21. The fraction of sp³-hybridized carbons (Fsp3) is 0.643. The predicted molar refractivity (Wildman–Crippen MR) is 83.6 cm³/mol. The van der Waals surface area contributed by atoms with E-state index < -0.39 is 10.0 Å². The second kappa shape index (κ2) is 6.89. The van der Waals surface area contributed by atoms with Crippen LogP contribution in [0.3, 0.4) is 0 Å². The molecule has 5 nitrogen and oxygen atoms in total. The second-order valence-electron chi connectivity index (χ2n) is 5.70. The Hall–Kier alpha value is -0.920. The summed E-state index contributed by atoms with van der Waals surface area (Å²) in [5.74, 6) is 0.502. The Bertz CT molecular complexity index is 589. The summed E-state index contributed by atoms with van der Waals surface area (Å²) < 4.78 is 22.5. The van der Waals surface area contributed by atoms with Gasteiger partial charge in [-0.1, -0.05) is 19.3 Å². The van der Waals surface area contributed by atoms with Gasteiger partial charge in [0.15, 0.2) is 0 Å². The van der Waals surface area contributed by atoms with E-state index in [0.29, 0.717) is 10.8 Å². The summed E-state index contributed by atoms with van der Waals surface area (Å²) in [5, 5.41) is 8.09. The number of rotatable bonds is 5. The zero-order valence-electron chi connectivity index (χ0n) is 12.2. The van der Waals surface area contributed by atoms with Crippen LogP contribution in [0, 0.1) is 5.92 Å². The van der Waals surface area contributed by atoms with Crippen LogP contribution in [-0.2, 0) is 21.2 Å². The number of hydrogen-bond acceptors (Lipinski definition) is 4. The number of primary sulfonamides is 1. The van der Waals surface area contributed by atoms with Crippen molar-refractivity contribution in [1.82, 2.24) is 5.32 Å². The molecule has 0 aliphatic heterocycles. The Morgan fingerprint density at radius 3 is 2.62 bits per heavy atom. The van der Waals surface area contributed by atoms with Gasteiger partial charge >= 0.3 is 0 Å². The molecule has 21 heavy (non-hydrogen) atoms. The minimum absolute atomic E-state index is 0.0594. The van der Waals surface area contributed by atoms with E-state index in [2.05, 4.69) is 12.2 Å². The van der Waals surface area contributed by atoms with Gasteiger partial charge in [0, 0.05) is 10.9 Å². The van der Waals surface area contributed by atoms with E-state index in [-0.39, 0.29) is 22.6 Å². The van der Waals surface area contributed by atoms with E-state index in [1.54, 1.807) is 6.07 Å². The molecule has 0 saturated heterocycles. The van der Waals surface area contributed by atoms with Crippen molar-refractivity contribution in [2.75, 3.05) is 0 Å². The molecule has 2 rings (SSSR count). The fourth-order valence-electron chi connectivity index (χ4n) is 2.82. The van der Waals surface area contributed by atoms with Crippen molar-refractivity contribution in [2.24, 2.45) is 11.1 Å². The molecular formula is C14H22N2O3S2. The quantitative estimate of drug-likeness (QED) is 0.865. The van der Waals surface area contributed by atoms with Crippen LogP contribution in [0.5, 0.6) is 0 Å². The Labute approximate surface area is 130 Å². The van der Waals surface area contributed by atoms with Gasteiger partial charge < -0.3 is 5.32 Å². The summed E-state index contributed by atoms with van der Waals surface area (Å²) >= 11 is 1.06. The SMILES string of the molecule is CC(NC(=O)Cc1ccc(S(N)(=O)=O)s1)C1CCCCC1. The first-order valence-electron chi connectivity index (χ1n) is 7.27. The molecular weight excluding hydrogens is 308 g/mol. The summed E-state index contributed by atoms with van der Waals surface area (Å²) in [4.78, 5) is 12.8. The lowest BCUT2D eigenvalue weighted by atomic mass is 9.84. The number of hydrogen-bond donors (Lipinski definition) is 2. The third kappa shape index (κ3) is 4.79. The van der Waals surface area contributed by atoms with Crippen molar-refractivity contribution in [3.63, 3.8) is 0 Å². The van der Waals surface area contributed by atoms with Gasteiger partial charge in [0.05, 0.1) is 6.42 Å². The fourth-order valence-corrected chi connectivity index (χ4v) is 4.60. The molecule has 0 spiro atoms. The maximum Gasteiger partial charge on any atom is 0.247 e. The molecule has 1 aliphatic rings. The lowest BCUT2D eigenvalue weighted by Crippen LogP contribution is -2.39. The van der Waals surface area contributed by atoms with Crippen LogP contribution in [0.2, 0.25) is 0 Å². The zero-order chi connectivity index (χ0) is 15.5. The number of sulfonamides is 1. The highest BCUT2D eigenvalue weighted by Crippen LogP contribution is 2.26. The largest absolute Gasteiger partial charge is 0.353 e. The number of carbonyl (C=O) groups is 1. The van der Waals surface area contributed by atoms with Crippen molar-refractivity contribution in [3.8, 4) is 0 Å². The number of carbonyl (C=O) groups excluding carboxylic acids is 1. The third-order valence-electron chi connectivity index (χ3n) is 4.00. The summed E-state index contributed by atoms with van der Waals surface area (Å²) in [6.45, 7) is 2.05. The maximum atomic E-state index is 12.0. The van der Waals surface area contributed by atoms with Crippen LogP contribution in [0.25, 0.3) is 0 Å². The Morgan fingerprint density at radius 1 is 1.38 bits per heavy atom. The monoisotopic (exact) mass is 330 g/mol. The maximum absolute atomic E-state index is 12.0. The van der Waals surface area contributed by atoms with E-state index in [1.807, 2.05) is 0 Å². The minimum atomic E-state index is -3.67. The average molecular weight is 330 g/mol. The molecule has 1 aromatic rings. The lowest BCUT2D eigenvalue weighted by molar-refractivity contribution is -0.121. The van der Waals surface area contributed by atoms with Crippen LogP contribution >= 0.6 is 11.3 Å². The van der Waals surface area contributed by atoms with Crippen molar-refractivity contribution in [3.05, 3.63) is 17.0 Å². The Balaban J connectivity index is 1.88. The van der Waals surface area contributed by atoms with Crippen molar-refractivity contribution in [2.45, 2.75) is 55.7 Å². The summed E-state index contributed by atoms with van der Waals surface area (Å²) in [7, 11) is -3.67. The smallest absolute Gasteiger partial charge is 0.247 e. The van der Waals surface area contributed by atoms with E-state index in [9.17, 15) is 13.2 Å². The van der Waals surface area contributed by atoms with Gasteiger partial charge in [0.1, 0.15) is 4.21 Å². The van der Waals surface area contributed by atoms with E-state index in [0.717, 1.165) is 11.3 Å². The normalized spacial score (nSPS) is 18.4. The molecule has 1 aromatic heterocycles. The predicted octanol–water partition coefficient (Wildman–Crippen LogP) is 2.02. The van der Waals surface area contributed by atoms with Gasteiger partial charge in [-0.05, 0) is 37.8 Å². The molecule has 1 atom stereocenters. The molecule has 1 fully saturated rings. The first kappa shape index (κ1) is 16.5. The standard InChI is InChI=1S/C14H22N2O3S2/c1-10(11-5-3-2-4-6-11)16-13(17)9-12-7-8-14(20-12)21(15,18)19/h7-8,10-11H,2-6,9H2,1H3,(H,16,17)(H2,15,18,19). The molecule has 3 N–H and O–H groups in total. The molecule has 1 aliphatic carbocycles. The molecule has 1 heterocycles. The van der Waals surface area contributed by atoms with E-state index >= 15 is 0 Å². The molecule has 1 saturated carbocycles. The van der Waals surface area contributed by atoms with Crippen LogP contribution in [0.1, 0.15) is 43.9 Å². The van der Waals surface area contributed by atoms with E-state index in [1.165, 1.54) is 38.2 Å². The van der Waals surface area contributed by atoms with Gasteiger partial charge in [-0.15, -0.1) is 11.3 Å². The number of nitrogens with two attached hydrogens (primary N) is 1. The average Bonchev–Trinajstić information content (AvgIpc) is 2.88. The molecule has 1 unspecified atom stereocenters. The summed E-state index contributed by atoms with van der Waals surface area (Å²) in [6.07, 6.45) is 6.34. The summed E-state index contributed by atoms with van der Waals surface area (Å²) in [5.41, 5.74) is 0. The minimum Gasteiger partial charge on any atom is -0.353 e. The van der Waals surface area contributed by atoms with Crippen molar-refractivity contribution >= 4 is 27.3 Å². The molecule has 0 bridgehead atoms. The molecule has 0 radical (unpaired) electrons. The second-order valence-corrected chi connectivity index (χ2v) is 8.65.